The molecule has 2 heterocycles. The van der Waals surface area contributed by atoms with Crippen LogP contribution in [0.15, 0.2) is 48.9 Å². The number of aliphatic hydroxyl groups excluding tert-OH is 1. The summed E-state index contributed by atoms with van der Waals surface area (Å²) < 4.78 is 0. The Hall–Kier alpha value is -2.33. The molecule has 4 heteroatoms. The minimum atomic E-state index is -0.791. The maximum Gasteiger partial charge on any atom is 0.125 e. The van der Waals surface area contributed by atoms with Crippen molar-refractivity contribution in [1.29, 1.82) is 0 Å². The molecule has 1 N–H and O–H groups in total. The van der Waals surface area contributed by atoms with Crippen molar-refractivity contribution >= 4 is 10.8 Å². The molecule has 0 saturated carbocycles. The summed E-state index contributed by atoms with van der Waals surface area (Å²) in [7, 11) is 0. The van der Waals surface area contributed by atoms with Crippen LogP contribution in [0.3, 0.4) is 0 Å². The van der Waals surface area contributed by atoms with Crippen molar-refractivity contribution in [2.75, 3.05) is 0 Å². The number of fused-ring (bicyclic) bond motifs is 1. The number of pyridine rings is 1. The van der Waals surface area contributed by atoms with Gasteiger partial charge in [0.1, 0.15) is 11.9 Å². The maximum absolute atomic E-state index is 10.5. The summed E-state index contributed by atoms with van der Waals surface area (Å²) in [4.78, 5) is 12.5. The molecule has 1 unspecified atom stereocenters. The molecule has 0 fully saturated rings. The second-order valence-corrected chi connectivity index (χ2v) is 4.38. The molecule has 0 radical (unpaired) electrons. The van der Waals surface area contributed by atoms with Gasteiger partial charge < -0.3 is 5.11 Å². The fourth-order valence-corrected chi connectivity index (χ4v) is 2.14. The zero-order chi connectivity index (χ0) is 13.2. The fourth-order valence-electron chi connectivity index (χ4n) is 2.14. The molecule has 0 aliphatic rings. The highest BCUT2D eigenvalue weighted by Gasteiger charge is 2.15. The molecule has 4 nitrogen and oxygen atoms in total. The Morgan fingerprint density at radius 1 is 1.11 bits per heavy atom. The quantitative estimate of drug-likeness (QED) is 0.760. The molecule has 0 saturated heterocycles. The topological polar surface area (TPSA) is 58.9 Å². The zero-order valence-corrected chi connectivity index (χ0v) is 10.5. The summed E-state index contributed by atoms with van der Waals surface area (Å²) in [5.74, 6) is 0.643. The summed E-state index contributed by atoms with van der Waals surface area (Å²) >= 11 is 0. The third kappa shape index (κ3) is 2.18. The molecule has 3 rings (SSSR count). The lowest BCUT2D eigenvalue weighted by atomic mass is 10.0. The third-order valence-electron chi connectivity index (χ3n) is 3.07. The van der Waals surface area contributed by atoms with E-state index in [0.29, 0.717) is 11.5 Å². The summed E-state index contributed by atoms with van der Waals surface area (Å²) in [5, 5.41) is 12.5. The first-order valence-electron chi connectivity index (χ1n) is 6.06. The minimum Gasteiger partial charge on any atom is -0.382 e. The van der Waals surface area contributed by atoms with Crippen molar-refractivity contribution in [3.8, 4) is 0 Å². The van der Waals surface area contributed by atoms with Crippen molar-refractivity contribution < 1.29 is 5.11 Å². The number of aromatic nitrogens is 3. The van der Waals surface area contributed by atoms with Crippen molar-refractivity contribution in [3.63, 3.8) is 0 Å². The lowest BCUT2D eigenvalue weighted by molar-refractivity contribution is 0.216. The highest BCUT2D eigenvalue weighted by atomic mass is 16.3. The predicted octanol–water partition coefficient (Wildman–Crippen LogP) is 2.41. The number of rotatable bonds is 2. The molecule has 94 valence electrons. The van der Waals surface area contributed by atoms with E-state index in [0.717, 1.165) is 16.3 Å². The van der Waals surface area contributed by atoms with E-state index in [1.165, 1.54) is 0 Å². The second-order valence-electron chi connectivity index (χ2n) is 4.38. The Morgan fingerprint density at radius 3 is 2.79 bits per heavy atom. The van der Waals surface area contributed by atoms with Gasteiger partial charge in [0.25, 0.3) is 0 Å². The van der Waals surface area contributed by atoms with E-state index >= 15 is 0 Å². The molecule has 3 aromatic rings. The van der Waals surface area contributed by atoms with Gasteiger partial charge in [-0.3, -0.25) is 4.98 Å². The molecule has 0 aliphatic carbocycles. The Kier molecular flexibility index (Phi) is 2.93. The standard InChI is InChI=1S/C15H13N3O/c1-10-17-7-6-14(18-10)15(19)13-9-16-8-11-4-2-3-5-12(11)13/h2-9,15,19H,1H3. The molecule has 1 aromatic carbocycles. The molecule has 1 atom stereocenters. The Labute approximate surface area is 110 Å². The van der Waals surface area contributed by atoms with Gasteiger partial charge in [-0.2, -0.15) is 0 Å². The Bertz CT molecular complexity index is 722. The number of nitrogens with zero attached hydrogens (tertiary/aromatic N) is 3. The highest BCUT2D eigenvalue weighted by Crippen LogP contribution is 2.26. The predicted molar refractivity (Wildman–Crippen MR) is 72.6 cm³/mol. The number of benzene rings is 1. The number of hydrogen-bond acceptors (Lipinski definition) is 4. The van der Waals surface area contributed by atoms with Gasteiger partial charge in [-0.15, -0.1) is 0 Å². The van der Waals surface area contributed by atoms with E-state index in [1.54, 1.807) is 31.6 Å². The van der Waals surface area contributed by atoms with E-state index < -0.39 is 6.10 Å². The average Bonchev–Trinajstić information content (AvgIpc) is 2.46. The lowest BCUT2D eigenvalue weighted by Crippen LogP contribution is -2.05. The zero-order valence-electron chi connectivity index (χ0n) is 10.5. The van der Waals surface area contributed by atoms with Crippen LogP contribution in [0.4, 0.5) is 0 Å². The van der Waals surface area contributed by atoms with Gasteiger partial charge in [-0.05, 0) is 18.4 Å². The highest BCUT2D eigenvalue weighted by molar-refractivity contribution is 5.85. The van der Waals surface area contributed by atoms with Crippen molar-refractivity contribution in [3.05, 3.63) is 66.0 Å². The van der Waals surface area contributed by atoms with Gasteiger partial charge in [0.15, 0.2) is 0 Å². The lowest BCUT2D eigenvalue weighted by Gasteiger charge is -2.12. The average molecular weight is 251 g/mol. The molecule has 0 amide bonds. The SMILES string of the molecule is Cc1nccc(C(O)c2cncc3ccccc23)n1. The molecule has 0 aliphatic heterocycles. The summed E-state index contributed by atoms with van der Waals surface area (Å²) in [6.07, 6.45) is 4.33. The first-order chi connectivity index (χ1) is 9.25. The van der Waals surface area contributed by atoms with Crippen LogP contribution in [0, 0.1) is 6.92 Å². The number of aryl methyl sites for hydroxylation is 1. The van der Waals surface area contributed by atoms with Crippen molar-refractivity contribution in [1.82, 2.24) is 15.0 Å². The summed E-state index contributed by atoms with van der Waals surface area (Å²) in [5.41, 5.74) is 1.35. The first kappa shape index (κ1) is 11.7. The Morgan fingerprint density at radius 2 is 1.95 bits per heavy atom. The molecule has 19 heavy (non-hydrogen) atoms. The van der Waals surface area contributed by atoms with Gasteiger partial charge in [0.05, 0.1) is 5.69 Å². The number of aliphatic hydroxyl groups is 1. The molecule has 2 aromatic heterocycles. The van der Waals surface area contributed by atoms with Gasteiger partial charge in [-0.25, -0.2) is 9.97 Å². The molecular weight excluding hydrogens is 238 g/mol. The van der Waals surface area contributed by atoms with Crippen LogP contribution in [-0.2, 0) is 0 Å². The van der Waals surface area contributed by atoms with E-state index in [-0.39, 0.29) is 0 Å². The minimum absolute atomic E-state index is 0.589. The van der Waals surface area contributed by atoms with E-state index in [1.807, 2.05) is 24.3 Å². The van der Waals surface area contributed by atoms with Gasteiger partial charge in [-0.1, -0.05) is 24.3 Å². The van der Waals surface area contributed by atoms with Crippen LogP contribution in [0.25, 0.3) is 10.8 Å². The van der Waals surface area contributed by atoms with E-state index in [2.05, 4.69) is 15.0 Å². The van der Waals surface area contributed by atoms with Crippen LogP contribution >= 0.6 is 0 Å². The van der Waals surface area contributed by atoms with Crippen LogP contribution in [0.1, 0.15) is 23.2 Å². The van der Waals surface area contributed by atoms with E-state index in [9.17, 15) is 5.11 Å². The van der Waals surface area contributed by atoms with E-state index in [4.69, 9.17) is 0 Å². The van der Waals surface area contributed by atoms with Crippen LogP contribution in [0.5, 0.6) is 0 Å². The van der Waals surface area contributed by atoms with Crippen LogP contribution in [-0.4, -0.2) is 20.1 Å². The maximum atomic E-state index is 10.5. The smallest absolute Gasteiger partial charge is 0.125 e. The summed E-state index contributed by atoms with van der Waals surface area (Å²) in [6.45, 7) is 1.80. The van der Waals surface area contributed by atoms with Gasteiger partial charge >= 0.3 is 0 Å². The number of hydrogen-bond donors (Lipinski definition) is 1. The first-order valence-corrected chi connectivity index (χ1v) is 6.06. The normalized spacial score (nSPS) is 12.5. The molecule has 0 spiro atoms. The largest absolute Gasteiger partial charge is 0.382 e. The van der Waals surface area contributed by atoms with Crippen LogP contribution in [0.2, 0.25) is 0 Å². The Balaban J connectivity index is 2.14. The molecular formula is C15H13N3O. The fraction of sp³-hybridized carbons (Fsp3) is 0.133. The van der Waals surface area contributed by atoms with Crippen molar-refractivity contribution in [2.24, 2.45) is 0 Å². The monoisotopic (exact) mass is 251 g/mol. The third-order valence-corrected chi connectivity index (χ3v) is 3.07. The van der Waals surface area contributed by atoms with Crippen LogP contribution < -0.4 is 0 Å². The molecule has 0 bridgehead atoms. The second kappa shape index (κ2) is 4.74. The van der Waals surface area contributed by atoms with Gasteiger partial charge in [0, 0.05) is 29.5 Å². The van der Waals surface area contributed by atoms with Gasteiger partial charge in [0.2, 0.25) is 0 Å². The van der Waals surface area contributed by atoms with Crippen molar-refractivity contribution in [2.45, 2.75) is 13.0 Å². The summed E-state index contributed by atoms with van der Waals surface area (Å²) in [6, 6.07) is 9.58.